The molecule has 1 amide bonds. The van der Waals surface area contributed by atoms with E-state index in [4.69, 9.17) is 4.74 Å². The average molecular weight is 263 g/mol. The maximum atomic E-state index is 12.2. The Morgan fingerprint density at radius 3 is 2.68 bits per heavy atom. The van der Waals surface area contributed by atoms with Gasteiger partial charge in [-0.05, 0) is 20.3 Å². The van der Waals surface area contributed by atoms with Gasteiger partial charge in [-0.1, -0.05) is 6.92 Å². The molecule has 1 fully saturated rings. The Labute approximate surface area is 111 Å². The molecule has 0 unspecified atom stereocenters. The molecule has 0 N–H and O–H groups in total. The maximum absolute atomic E-state index is 12.2. The molecule has 1 saturated heterocycles. The van der Waals surface area contributed by atoms with E-state index in [0.29, 0.717) is 12.2 Å². The highest BCUT2D eigenvalue weighted by molar-refractivity contribution is 6.03. The van der Waals surface area contributed by atoms with Crippen molar-refractivity contribution in [3.63, 3.8) is 0 Å². The Morgan fingerprint density at radius 1 is 1.42 bits per heavy atom. The molecule has 0 radical (unpaired) electrons. The number of carbonyl (C=O) groups excluding carboxylic acids is 2. The first kappa shape index (κ1) is 13.5. The molecule has 102 valence electrons. The van der Waals surface area contributed by atoms with Gasteiger partial charge in [0.25, 0.3) is 0 Å². The van der Waals surface area contributed by atoms with Crippen LogP contribution in [0.1, 0.15) is 24.7 Å². The molecule has 0 aliphatic carbocycles. The van der Waals surface area contributed by atoms with Crippen LogP contribution in [0.2, 0.25) is 0 Å². The molecule has 0 aromatic carbocycles. The van der Waals surface area contributed by atoms with E-state index in [1.165, 1.54) is 18.2 Å². The van der Waals surface area contributed by atoms with E-state index in [0.717, 1.165) is 11.4 Å². The lowest BCUT2D eigenvalue weighted by Crippen LogP contribution is -2.40. The summed E-state index contributed by atoms with van der Waals surface area (Å²) in [5.41, 5.74) is 1.55. The van der Waals surface area contributed by atoms with E-state index in [2.05, 4.69) is 9.97 Å². The Kier molecular flexibility index (Phi) is 3.50. The number of esters is 1. The molecule has 19 heavy (non-hydrogen) atoms. The summed E-state index contributed by atoms with van der Waals surface area (Å²) in [6.45, 7) is 5.47. The summed E-state index contributed by atoms with van der Waals surface area (Å²) in [5.74, 6) is -0.342. The quantitative estimate of drug-likeness (QED) is 0.744. The lowest BCUT2D eigenvalue weighted by Gasteiger charge is -2.21. The third kappa shape index (κ3) is 2.30. The van der Waals surface area contributed by atoms with E-state index in [1.807, 2.05) is 13.8 Å². The largest absolute Gasteiger partial charge is 0.467 e. The predicted molar refractivity (Wildman–Crippen MR) is 68.6 cm³/mol. The molecular formula is C13H17N3O3. The number of amides is 1. The van der Waals surface area contributed by atoms with E-state index in [9.17, 15) is 9.59 Å². The molecule has 1 aromatic heterocycles. The predicted octanol–water partition coefficient (Wildman–Crippen LogP) is 1.01. The first-order chi connectivity index (χ1) is 8.95. The maximum Gasteiger partial charge on any atom is 0.329 e. The number of hydrogen-bond acceptors (Lipinski definition) is 5. The number of hydrogen-bond donors (Lipinski definition) is 0. The summed E-state index contributed by atoms with van der Waals surface area (Å²) in [7, 11) is 1.32. The van der Waals surface area contributed by atoms with Crippen molar-refractivity contribution in [1.29, 1.82) is 0 Å². The molecule has 2 atom stereocenters. The van der Waals surface area contributed by atoms with Gasteiger partial charge in [-0.2, -0.15) is 0 Å². The molecule has 6 nitrogen and oxygen atoms in total. The summed E-state index contributed by atoms with van der Waals surface area (Å²) < 4.78 is 4.76. The van der Waals surface area contributed by atoms with Gasteiger partial charge in [-0.15, -0.1) is 0 Å². The Morgan fingerprint density at radius 2 is 2.11 bits per heavy atom. The van der Waals surface area contributed by atoms with Crippen molar-refractivity contribution in [1.82, 2.24) is 9.97 Å². The van der Waals surface area contributed by atoms with Crippen molar-refractivity contribution in [3.05, 3.63) is 17.6 Å². The fourth-order valence-corrected chi connectivity index (χ4v) is 2.19. The summed E-state index contributed by atoms with van der Waals surface area (Å²) in [4.78, 5) is 33.9. The van der Waals surface area contributed by atoms with Crippen LogP contribution in [0.5, 0.6) is 0 Å². The molecule has 2 rings (SSSR count). The number of carbonyl (C=O) groups is 2. The summed E-state index contributed by atoms with van der Waals surface area (Å²) in [6, 6.07) is -0.607. The lowest BCUT2D eigenvalue weighted by atomic mass is 10.1. The minimum Gasteiger partial charge on any atom is -0.467 e. The van der Waals surface area contributed by atoms with Gasteiger partial charge in [-0.3, -0.25) is 14.7 Å². The summed E-state index contributed by atoms with van der Waals surface area (Å²) >= 11 is 0. The fourth-order valence-electron chi connectivity index (χ4n) is 2.19. The highest BCUT2D eigenvalue weighted by atomic mass is 16.5. The number of methoxy groups -OCH3 is 1. The van der Waals surface area contributed by atoms with Crippen LogP contribution in [0.15, 0.2) is 6.20 Å². The van der Waals surface area contributed by atoms with E-state index >= 15 is 0 Å². The molecule has 1 aliphatic heterocycles. The second-order valence-electron chi connectivity index (χ2n) is 4.78. The van der Waals surface area contributed by atoms with Gasteiger partial charge < -0.3 is 4.74 Å². The molecular weight excluding hydrogens is 246 g/mol. The van der Waals surface area contributed by atoms with Crippen molar-refractivity contribution >= 4 is 17.7 Å². The fraction of sp³-hybridized carbons (Fsp3) is 0.538. The standard InChI is InChI=1S/C13H17N3O3/c1-7-5-10(13(18)19-4)16(12(7)17)11-6-14-8(2)9(3)15-11/h6-7,10H,5H2,1-4H3/t7-,10-/m1/s1. The highest BCUT2D eigenvalue weighted by Gasteiger charge is 2.43. The van der Waals surface area contributed by atoms with Crippen LogP contribution in [0.3, 0.4) is 0 Å². The van der Waals surface area contributed by atoms with E-state index in [1.54, 1.807) is 6.92 Å². The second-order valence-corrected chi connectivity index (χ2v) is 4.78. The molecule has 2 heterocycles. The van der Waals surface area contributed by atoms with Crippen LogP contribution >= 0.6 is 0 Å². The topological polar surface area (TPSA) is 72.4 Å². The van der Waals surface area contributed by atoms with Gasteiger partial charge in [0.15, 0.2) is 5.82 Å². The van der Waals surface area contributed by atoms with E-state index in [-0.39, 0.29) is 11.8 Å². The molecule has 1 aliphatic rings. The van der Waals surface area contributed by atoms with Crippen LogP contribution < -0.4 is 4.90 Å². The Balaban J connectivity index is 2.41. The van der Waals surface area contributed by atoms with Gasteiger partial charge >= 0.3 is 5.97 Å². The van der Waals surface area contributed by atoms with Crippen LogP contribution in [-0.2, 0) is 14.3 Å². The number of rotatable bonds is 2. The summed E-state index contributed by atoms with van der Waals surface area (Å²) in [5, 5.41) is 0. The zero-order valence-corrected chi connectivity index (χ0v) is 11.5. The summed E-state index contributed by atoms with van der Waals surface area (Å²) in [6.07, 6.45) is 1.97. The highest BCUT2D eigenvalue weighted by Crippen LogP contribution is 2.29. The number of aryl methyl sites for hydroxylation is 2. The second kappa shape index (κ2) is 4.95. The Hall–Kier alpha value is -1.98. The smallest absolute Gasteiger partial charge is 0.329 e. The van der Waals surface area contributed by atoms with Gasteiger partial charge in [0.2, 0.25) is 5.91 Å². The zero-order valence-electron chi connectivity index (χ0n) is 11.5. The van der Waals surface area contributed by atoms with Crippen molar-refractivity contribution in [2.75, 3.05) is 12.0 Å². The lowest BCUT2D eigenvalue weighted by molar-refractivity contribution is -0.142. The SMILES string of the molecule is COC(=O)[C@H]1C[C@@H](C)C(=O)N1c1cnc(C)c(C)n1. The van der Waals surface area contributed by atoms with Crippen molar-refractivity contribution in [2.24, 2.45) is 5.92 Å². The minimum atomic E-state index is -0.607. The van der Waals surface area contributed by atoms with Gasteiger partial charge in [0.05, 0.1) is 24.7 Å². The molecule has 0 bridgehead atoms. The number of ether oxygens (including phenoxy) is 1. The van der Waals surface area contributed by atoms with Crippen molar-refractivity contribution in [3.8, 4) is 0 Å². The molecule has 1 aromatic rings. The molecule has 6 heteroatoms. The van der Waals surface area contributed by atoms with Gasteiger partial charge in [-0.25, -0.2) is 9.78 Å². The van der Waals surface area contributed by atoms with Gasteiger partial charge in [0, 0.05) is 5.92 Å². The van der Waals surface area contributed by atoms with Gasteiger partial charge in [0.1, 0.15) is 6.04 Å². The number of nitrogens with zero attached hydrogens (tertiary/aromatic N) is 3. The van der Waals surface area contributed by atoms with Crippen LogP contribution in [0.25, 0.3) is 0 Å². The Bertz CT molecular complexity index is 530. The monoisotopic (exact) mass is 263 g/mol. The van der Waals surface area contributed by atoms with Crippen molar-refractivity contribution in [2.45, 2.75) is 33.2 Å². The van der Waals surface area contributed by atoms with Crippen LogP contribution in [0.4, 0.5) is 5.82 Å². The molecule has 0 saturated carbocycles. The van der Waals surface area contributed by atoms with Crippen molar-refractivity contribution < 1.29 is 14.3 Å². The first-order valence-electron chi connectivity index (χ1n) is 6.16. The van der Waals surface area contributed by atoms with Crippen LogP contribution in [0, 0.1) is 19.8 Å². The van der Waals surface area contributed by atoms with E-state index < -0.39 is 12.0 Å². The number of anilines is 1. The number of aromatic nitrogens is 2. The zero-order chi connectivity index (χ0) is 14.2. The van der Waals surface area contributed by atoms with Crippen LogP contribution in [-0.4, -0.2) is 35.0 Å². The molecule has 0 spiro atoms. The third-order valence-electron chi connectivity index (χ3n) is 3.45. The minimum absolute atomic E-state index is 0.118. The third-order valence-corrected chi connectivity index (χ3v) is 3.45. The first-order valence-corrected chi connectivity index (χ1v) is 6.16. The normalized spacial score (nSPS) is 22.7. The average Bonchev–Trinajstić information content (AvgIpc) is 2.68.